The summed E-state index contributed by atoms with van der Waals surface area (Å²) in [5.74, 6) is 3.29. The molecule has 6 heteroatoms. The van der Waals surface area contributed by atoms with Crippen molar-refractivity contribution in [1.29, 1.82) is 0 Å². The minimum Gasteiger partial charge on any atom is -0.344 e. The van der Waals surface area contributed by atoms with Crippen molar-refractivity contribution < 1.29 is 0 Å². The molecule has 1 N–H and O–H groups in total. The highest BCUT2D eigenvalue weighted by Crippen LogP contribution is 2.41. The maximum absolute atomic E-state index is 5.44. The summed E-state index contributed by atoms with van der Waals surface area (Å²) in [6.07, 6.45) is -0.384. The van der Waals surface area contributed by atoms with Crippen molar-refractivity contribution in [1.82, 2.24) is 20.3 Å². The number of hydrogen-bond acceptors (Lipinski definition) is 6. The Labute approximate surface area is 407 Å². The van der Waals surface area contributed by atoms with Crippen LogP contribution in [0, 0.1) is 0 Å². The Balaban J connectivity index is 1.01. The van der Waals surface area contributed by atoms with Crippen LogP contribution in [0.15, 0.2) is 265 Å². The molecule has 330 valence electrons. The van der Waals surface area contributed by atoms with Gasteiger partial charge in [0.25, 0.3) is 0 Å². The van der Waals surface area contributed by atoms with Gasteiger partial charge in [-0.25, -0.2) is 24.9 Å². The summed E-state index contributed by atoms with van der Waals surface area (Å²) in [7, 11) is 0. The molecule has 0 fully saturated rings. The SMILES string of the molecule is c1ccc(C2=NC(c3cc(-c4ccc(-c5ccccc5-c5nc(-c6ccccc6)nc(-c6ccccc6)n5)cc4-c4ccccc4)cc4ccccc34)=NC(c3cccc(-c4ccccc4)c3)N2)cc1. The standard InChI is InChI=1S/C64H44N6/c1-6-21-43(22-7-1)48-32-20-33-51(39-48)62-66-61(47-29-14-5-15-30-47)69-64(70-62)58-42-52(40-49-31-16-17-35-54(49)58)55-38-37-50(41-57(55)44-23-8-2-9-24-44)53-34-18-19-36-56(53)63-67-59(45-25-10-3-11-26-45)65-60(68-63)46-27-12-4-13-28-46/h1-42,62H,(H,66,69,70). The molecule has 0 saturated carbocycles. The summed E-state index contributed by atoms with van der Waals surface area (Å²) in [4.78, 5) is 26.0. The van der Waals surface area contributed by atoms with Crippen LogP contribution >= 0.6 is 0 Å². The van der Waals surface area contributed by atoms with E-state index in [-0.39, 0.29) is 6.17 Å². The largest absolute Gasteiger partial charge is 0.344 e. The van der Waals surface area contributed by atoms with E-state index >= 15 is 0 Å². The number of aromatic nitrogens is 3. The van der Waals surface area contributed by atoms with Gasteiger partial charge >= 0.3 is 0 Å². The highest BCUT2D eigenvalue weighted by Gasteiger charge is 2.24. The molecule has 1 aliphatic rings. The number of nitrogens with one attached hydrogen (secondary N) is 1. The highest BCUT2D eigenvalue weighted by atomic mass is 15.2. The van der Waals surface area contributed by atoms with Gasteiger partial charge in [0.05, 0.1) is 0 Å². The first kappa shape index (κ1) is 42.0. The zero-order valence-electron chi connectivity index (χ0n) is 38.1. The van der Waals surface area contributed by atoms with Crippen LogP contribution in [0.3, 0.4) is 0 Å². The summed E-state index contributed by atoms with van der Waals surface area (Å²) >= 11 is 0. The molecule has 0 bridgehead atoms. The van der Waals surface area contributed by atoms with Gasteiger partial charge in [0, 0.05) is 27.8 Å². The molecule has 6 nitrogen and oxygen atoms in total. The minimum absolute atomic E-state index is 0.384. The number of rotatable bonds is 10. The summed E-state index contributed by atoms with van der Waals surface area (Å²) in [6, 6.07) is 88.6. The zero-order chi connectivity index (χ0) is 46.6. The van der Waals surface area contributed by atoms with Crippen molar-refractivity contribution in [2.45, 2.75) is 6.17 Å². The van der Waals surface area contributed by atoms with Crippen LogP contribution in [0.5, 0.6) is 0 Å². The molecule has 70 heavy (non-hydrogen) atoms. The van der Waals surface area contributed by atoms with Gasteiger partial charge in [-0.3, -0.25) is 0 Å². The molecule has 0 saturated heterocycles. The maximum Gasteiger partial charge on any atom is 0.164 e. The van der Waals surface area contributed by atoms with Gasteiger partial charge in [-0.2, -0.15) is 0 Å². The normalized spacial score (nSPS) is 13.3. The third kappa shape index (κ3) is 8.46. The second-order valence-corrected chi connectivity index (χ2v) is 17.3. The van der Waals surface area contributed by atoms with E-state index in [1.165, 1.54) is 0 Å². The Kier molecular flexibility index (Phi) is 11.2. The first-order valence-electron chi connectivity index (χ1n) is 23.5. The van der Waals surface area contributed by atoms with Crippen molar-refractivity contribution in [2.75, 3.05) is 0 Å². The smallest absolute Gasteiger partial charge is 0.164 e. The van der Waals surface area contributed by atoms with Crippen LogP contribution in [-0.2, 0) is 0 Å². The van der Waals surface area contributed by atoms with E-state index in [0.29, 0.717) is 23.3 Å². The van der Waals surface area contributed by atoms with Crippen molar-refractivity contribution in [2.24, 2.45) is 9.98 Å². The molecule has 0 spiro atoms. The molecule has 11 aromatic rings. The lowest BCUT2D eigenvalue weighted by atomic mass is 9.88. The Morgan fingerprint density at radius 2 is 0.814 bits per heavy atom. The average Bonchev–Trinajstić information content (AvgIpc) is 3.45. The second kappa shape index (κ2) is 18.7. The molecule has 1 aromatic heterocycles. The Morgan fingerprint density at radius 1 is 0.300 bits per heavy atom. The maximum atomic E-state index is 5.44. The van der Waals surface area contributed by atoms with Gasteiger partial charge in [-0.1, -0.05) is 231 Å². The number of hydrogen-bond donors (Lipinski definition) is 1. The molecular formula is C64H44N6. The van der Waals surface area contributed by atoms with E-state index in [2.05, 4.69) is 175 Å². The van der Waals surface area contributed by atoms with E-state index in [1.807, 2.05) is 84.9 Å². The molecule has 2 heterocycles. The topological polar surface area (TPSA) is 75.4 Å². The lowest BCUT2D eigenvalue weighted by molar-refractivity contribution is 0.674. The first-order chi connectivity index (χ1) is 34.7. The van der Waals surface area contributed by atoms with Crippen LogP contribution < -0.4 is 5.32 Å². The molecule has 10 aromatic carbocycles. The van der Waals surface area contributed by atoms with E-state index < -0.39 is 0 Å². The van der Waals surface area contributed by atoms with Gasteiger partial charge in [0.15, 0.2) is 23.3 Å². The summed E-state index contributed by atoms with van der Waals surface area (Å²) in [5, 5.41) is 5.88. The van der Waals surface area contributed by atoms with Gasteiger partial charge in [0.1, 0.15) is 12.0 Å². The van der Waals surface area contributed by atoms with Gasteiger partial charge in [0.2, 0.25) is 0 Å². The van der Waals surface area contributed by atoms with Crippen molar-refractivity contribution in [3.8, 4) is 78.7 Å². The highest BCUT2D eigenvalue weighted by molar-refractivity contribution is 6.18. The third-order valence-corrected chi connectivity index (χ3v) is 12.8. The molecule has 0 radical (unpaired) electrons. The molecule has 0 aliphatic carbocycles. The van der Waals surface area contributed by atoms with Crippen LogP contribution in [0.4, 0.5) is 0 Å². The van der Waals surface area contributed by atoms with Crippen LogP contribution in [0.25, 0.3) is 89.4 Å². The fraction of sp³-hybridized carbons (Fsp3) is 0.0156. The number of aliphatic imine (C=N–C) groups is 2. The van der Waals surface area contributed by atoms with E-state index in [4.69, 9.17) is 24.9 Å². The average molecular weight is 897 g/mol. The number of amidine groups is 2. The van der Waals surface area contributed by atoms with Crippen LogP contribution in [0.2, 0.25) is 0 Å². The predicted molar refractivity (Wildman–Crippen MR) is 287 cm³/mol. The van der Waals surface area contributed by atoms with Crippen molar-refractivity contribution in [3.63, 3.8) is 0 Å². The van der Waals surface area contributed by atoms with E-state index in [1.54, 1.807) is 0 Å². The third-order valence-electron chi connectivity index (χ3n) is 12.8. The molecular weight excluding hydrogens is 853 g/mol. The number of benzene rings is 10. The Morgan fingerprint density at radius 3 is 1.49 bits per heavy atom. The Hall–Kier alpha value is -9.39. The van der Waals surface area contributed by atoms with Gasteiger partial charge in [-0.05, 0) is 85.1 Å². The van der Waals surface area contributed by atoms with Gasteiger partial charge in [-0.15, -0.1) is 0 Å². The van der Waals surface area contributed by atoms with Crippen LogP contribution in [0.1, 0.15) is 22.9 Å². The quantitative estimate of drug-likeness (QED) is 0.148. The van der Waals surface area contributed by atoms with Crippen molar-refractivity contribution in [3.05, 3.63) is 271 Å². The summed E-state index contributed by atoms with van der Waals surface area (Å²) < 4.78 is 0. The predicted octanol–water partition coefficient (Wildman–Crippen LogP) is 15.2. The fourth-order valence-electron chi connectivity index (χ4n) is 9.33. The van der Waals surface area contributed by atoms with Gasteiger partial charge < -0.3 is 5.32 Å². The summed E-state index contributed by atoms with van der Waals surface area (Å²) in [5.41, 5.74) is 14.5. The lowest BCUT2D eigenvalue weighted by Crippen LogP contribution is -2.33. The molecule has 1 unspecified atom stereocenters. The number of nitrogens with zero attached hydrogens (tertiary/aromatic N) is 5. The zero-order valence-corrected chi connectivity index (χ0v) is 38.1. The molecule has 0 amide bonds. The minimum atomic E-state index is -0.384. The van der Waals surface area contributed by atoms with Crippen molar-refractivity contribution >= 4 is 22.4 Å². The first-order valence-corrected chi connectivity index (χ1v) is 23.5. The second-order valence-electron chi connectivity index (χ2n) is 17.3. The monoisotopic (exact) mass is 896 g/mol. The lowest BCUT2D eigenvalue weighted by Gasteiger charge is -2.25. The molecule has 1 aliphatic heterocycles. The van der Waals surface area contributed by atoms with E-state index in [0.717, 1.165) is 94.5 Å². The molecule has 1 atom stereocenters. The van der Waals surface area contributed by atoms with Crippen LogP contribution in [-0.4, -0.2) is 26.6 Å². The fourth-order valence-corrected chi connectivity index (χ4v) is 9.33. The molecule has 12 rings (SSSR count). The summed E-state index contributed by atoms with van der Waals surface area (Å²) in [6.45, 7) is 0. The number of fused-ring (bicyclic) bond motifs is 1. The Bertz CT molecular complexity index is 3670. The van der Waals surface area contributed by atoms with E-state index in [9.17, 15) is 0 Å².